The Kier molecular flexibility index (Phi) is 6.12. The number of ether oxygens (including phenoxy) is 4. The van der Waals surface area contributed by atoms with E-state index in [0.717, 1.165) is 34.1 Å². The Labute approximate surface area is 159 Å². The van der Waals surface area contributed by atoms with Crippen LogP contribution in [0, 0.1) is 0 Å². The molecule has 0 radical (unpaired) electrons. The van der Waals surface area contributed by atoms with E-state index in [1.165, 1.54) is 0 Å². The number of methoxy groups -OCH3 is 2. The van der Waals surface area contributed by atoms with Gasteiger partial charge < -0.3 is 18.9 Å². The molecule has 4 nitrogen and oxygen atoms in total. The Bertz CT molecular complexity index is 637. The Morgan fingerprint density at radius 1 is 0.769 bits per heavy atom. The highest BCUT2D eigenvalue weighted by Gasteiger charge is 2.41. The third kappa shape index (κ3) is 4.00. The minimum atomic E-state index is -0.960. The van der Waals surface area contributed by atoms with Crippen LogP contribution in [0.15, 0.2) is 48.5 Å². The van der Waals surface area contributed by atoms with Gasteiger partial charge in [-0.1, -0.05) is 0 Å². The lowest BCUT2D eigenvalue weighted by Crippen LogP contribution is -2.42. The molecular weight excluding hydrogens is 348 g/mol. The molecule has 0 spiro atoms. The lowest BCUT2D eigenvalue weighted by atomic mass is 9.96. The van der Waals surface area contributed by atoms with E-state index in [2.05, 4.69) is 13.8 Å². The summed E-state index contributed by atoms with van der Waals surface area (Å²) < 4.78 is 23.7. The topological polar surface area (TPSA) is 36.9 Å². The van der Waals surface area contributed by atoms with Gasteiger partial charge in [-0.2, -0.15) is 11.8 Å². The van der Waals surface area contributed by atoms with E-state index >= 15 is 0 Å². The summed E-state index contributed by atoms with van der Waals surface area (Å²) in [4.78, 5) is 0. The van der Waals surface area contributed by atoms with Gasteiger partial charge in [0.15, 0.2) is 0 Å². The van der Waals surface area contributed by atoms with Crippen molar-refractivity contribution in [3.05, 3.63) is 59.7 Å². The smallest absolute Gasteiger partial charge is 0.222 e. The third-order valence-corrected chi connectivity index (χ3v) is 5.79. The van der Waals surface area contributed by atoms with Gasteiger partial charge in [0.1, 0.15) is 11.5 Å². The molecular formula is C21H26O4S. The van der Waals surface area contributed by atoms with Crippen LogP contribution in [0.4, 0.5) is 0 Å². The van der Waals surface area contributed by atoms with Gasteiger partial charge in [-0.3, -0.25) is 0 Å². The van der Waals surface area contributed by atoms with Crippen molar-refractivity contribution in [3.63, 3.8) is 0 Å². The summed E-state index contributed by atoms with van der Waals surface area (Å²) in [5, 5.41) is 0. The van der Waals surface area contributed by atoms with Gasteiger partial charge in [0.05, 0.1) is 26.4 Å². The van der Waals surface area contributed by atoms with Gasteiger partial charge >= 0.3 is 0 Å². The zero-order valence-electron chi connectivity index (χ0n) is 15.7. The maximum absolute atomic E-state index is 6.54. The zero-order chi connectivity index (χ0) is 18.6. The van der Waals surface area contributed by atoms with E-state index < -0.39 is 5.79 Å². The fraction of sp³-hybridized carbons (Fsp3) is 0.429. The lowest BCUT2D eigenvalue weighted by molar-refractivity contribution is -0.251. The summed E-state index contributed by atoms with van der Waals surface area (Å²) >= 11 is 1.86. The Morgan fingerprint density at radius 2 is 1.15 bits per heavy atom. The molecule has 1 aliphatic heterocycles. The van der Waals surface area contributed by atoms with Crippen molar-refractivity contribution in [1.29, 1.82) is 0 Å². The molecule has 2 atom stereocenters. The fourth-order valence-electron chi connectivity index (χ4n) is 3.12. The molecule has 1 aliphatic rings. The summed E-state index contributed by atoms with van der Waals surface area (Å²) in [7, 11) is 3.33. The Hall–Kier alpha value is -1.69. The van der Waals surface area contributed by atoms with E-state index in [4.69, 9.17) is 18.9 Å². The first-order valence-electron chi connectivity index (χ1n) is 8.80. The Balaban J connectivity index is 2.11. The maximum Gasteiger partial charge on any atom is 0.222 e. The zero-order valence-corrected chi connectivity index (χ0v) is 16.5. The van der Waals surface area contributed by atoms with Crippen LogP contribution in [0.25, 0.3) is 0 Å². The molecule has 1 fully saturated rings. The summed E-state index contributed by atoms with van der Waals surface area (Å²) in [5.74, 6) is 2.52. The number of hydrogen-bond acceptors (Lipinski definition) is 5. The van der Waals surface area contributed by atoms with Gasteiger partial charge in [-0.25, -0.2) is 0 Å². The molecule has 140 valence electrons. The maximum atomic E-state index is 6.54. The van der Waals surface area contributed by atoms with Crippen LogP contribution >= 0.6 is 11.8 Å². The first kappa shape index (κ1) is 19.1. The molecule has 26 heavy (non-hydrogen) atoms. The van der Waals surface area contributed by atoms with Crippen LogP contribution in [0.5, 0.6) is 11.5 Å². The van der Waals surface area contributed by atoms with E-state index in [1.54, 1.807) is 14.2 Å². The van der Waals surface area contributed by atoms with E-state index in [0.29, 0.717) is 0 Å². The van der Waals surface area contributed by atoms with Crippen LogP contribution in [0.2, 0.25) is 0 Å². The monoisotopic (exact) mass is 374 g/mol. The molecule has 0 aromatic heterocycles. The van der Waals surface area contributed by atoms with Crippen molar-refractivity contribution in [2.45, 2.75) is 31.8 Å². The van der Waals surface area contributed by atoms with Gasteiger partial charge in [0.2, 0.25) is 5.79 Å². The third-order valence-electron chi connectivity index (χ3n) is 4.38. The molecule has 1 saturated heterocycles. The van der Waals surface area contributed by atoms with Gasteiger partial charge in [-0.05, 0) is 62.4 Å². The number of thioether (sulfide) groups is 1. The first-order valence-corrected chi connectivity index (χ1v) is 9.95. The molecule has 0 aliphatic carbocycles. The van der Waals surface area contributed by atoms with E-state index in [1.807, 2.05) is 60.3 Å². The molecule has 0 saturated carbocycles. The van der Waals surface area contributed by atoms with Gasteiger partial charge in [-0.15, -0.1) is 0 Å². The van der Waals surface area contributed by atoms with Crippen LogP contribution in [0.1, 0.15) is 25.0 Å². The minimum absolute atomic E-state index is 0.0525. The number of benzene rings is 2. The predicted octanol–water partition coefficient (Wildman–Crippen LogP) is 4.46. The standard InChI is InChI=1S/C21H26O4S/c1-15-13-26-14-16(2)25-21(24-15,17-5-9-19(22-3)10-6-17)18-7-11-20(23-4)12-8-18/h5-12,15-16H,13-14H2,1-4H3/t15-,16-/m0/s1. The molecule has 0 amide bonds. The molecule has 0 unspecified atom stereocenters. The molecule has 0 bridgehead atoms. The van der Waals surface area contributed by atoms with E-state index in [-0.39, 0.29) is 12.2 Å². The molecule has 2 aromatic rings. The van der Waals surface area contributed by atoms with Crippen molar-refractivity contribution in [2.24, 2.45) is 0 Å². The van der Waals surface area contributed by atoms with Crippen LogP contribution in [-0.2, 0) is 15.3 Å². The normalized spacial score (nSPS) is 22.9. The van der Waals surface area contributed by atoms with Crippen molar-refractivity contribution in [3.8, 4) is 11.5 Å². The summed E-state index contributed by atoms with van der Waals surface area (Å²) in [6.45, 7) is 4.18. The summed E-state index contributed by atoms with van der Waals surface area (Å²) in [6.07, 6.45) is 0.105. The second-order valence-corrected chi connectivity index (χ2v) is 7.54. The van der Waals surface area contributed by atoms with Crippen LogP contribution in [0.3, 0.4) is 0 Å². The van der Waals surface area contributed by atoms with Gasteiger partial charge in [0.25, 0.3) is 0 Å². The first-order chi connectivity index (χ1) is 12.6. The number of hydrogen-bond donors (Lipinski definition) is 0. The van der Waals surface area contributed by atoms with Crippen molar-refractivity contribution in [2.75, 3.05) is 25.7 Å². The van der Waals surface area contributed by atoms with Crippen LogP contribution < -0.4 is 9.47 Å². The average molecular weight is 375 g/mol. The van der Waals surface area contributed by atoms with Crippen molar-refractivity contribution in [1.82, 2.24) is 0 Å². The quantitative estimate of drug-likeness (QED) is 0.790. The van der Waals surface area contributed by atoms with Gasteiger partial charge in [0, 0.05) is 22.6 Å². The second kappa shape index (κ2) is 8.33. The Morgan fingerprint density at radius 3 is 1.50 bits per heavy atom. The average Bonchev–Trinajstić information content (AvgIpc) is 2.66. The highest BCUT2D eigenvalue weighted by molar-refractivity contribution is 7.99. The van der Waals surface area contributed by atoms with E-state index in [9.17, 15) is 0 Å². The highest BCUT2D eigenvalue weighted by atomic mass is 32.2. The molecule has 2 aromatic carbocycles. The molecule has 5 heteroatoms. The molecule has 1 heterocycles. The largest absolute Gasteiger partial charge is 0.497 e. The lowest BCUT2D eigenvalue weighted by Gasteiger charge is -2.40. The van der Waals surface area contributed by atoms with Crippen molar-refractivity contribution < 1.29 is 18.9 Å². The number of rotatable bonds is 4. The summed E-state index contributed by atoms with van der Waals surface area (Å²) in [5.41, 5.74) is 1.91. The second-order valence-electron chi connectivity index (χ2n) is 6.47. The SMILES string of the molecule is COc1ccc(C2(c3ccc(OC)cc3)O[C@@H](C)CSC[C@H](C)O2)cc1. The molecule has 3 rings (SSSR count). The highest BCUT2D eigenvalue weighted by Crippen LogP contribution is 2.40. The van der Waals surface area contributed by atoms with Crippen molar-refractivity contribution >= 4 is 11.8 Å². The minimum Gasteiger partial charge on any atom is -0.497 e. The molecule has 0 N–H and O–H groups in total. The predicted molar refractivity (Wildman–Crippen MR) is 105 cm³/mol. The van der Waals surface area contributed by atoms with Crippen LogP contribution in [-0.4, -0.2) is 37.9 Å². The summed E-state index contributed by atoms with van der Waals surface area (Å²) in [6, 6.07) is 15.8. The fourth-order valence-corrected chi connectivity index (χ4v) is 4.06.